The van der Waals surface area contributed by atoms with E-state index in [-0.39, 0.29) is 5.54 Å². The van der Waals surface area contributed by atoms with Crippen molar-refractivity contribution in [3.8, 4) is 0 Å². The second-order valence-electron chi connectivity index (χ2n) is 4.64. The van der Waals surface area contributed by atoms with Crippen LogP contribution in [0.25, 0.3) is 0 Å². The molecule has 0 amide bonds. The molecule has 0 aromatic carbocycles. The summed E-state index contributed by atoms with van der Waals surface area (Å²) in [7, 11) is 2.17. The first-order valence-electron chi connectivity index (χ1n) is 4.66. The van der Waals surface area contributed by atoms with E-state index in [2.05, 4.69) is 31.5 Å². The zero-order valence-corrected chi connectivity index (χ0v) is 10.4. The average molecular weight is 236 g/mol. The van der Waals surface area contributed by atoms with Gasteiger partial charge in [0, 0.05) is 0 Å². The molecule has 4 heteroatoms. The Morgan fingerprint density at radius 2 is 2.00 bits per heavy atom. The van der Waals surface area contributed by atoms with E-state index in [0.29, 0.717) is 0 Å². The zero-order chi connectivity index (χ0) is 10.8. The third kappa shape index (κ3) is 2.99. The van der Waals surface area contributed by atoms with Gasteiger partial charge in [-0.1, -0.05) is 6.08 Å². The average Bonchev–Trinajstić information content (AvgIpc) is 2.03. The van der Waals surface area contributed by atoms with Crippen LogP contribution in [-0.4, -0.2) is 34.1 Å². The fourth-order valence-corrected chi connectivity index (χ4v) is 1.86. The van der Waals surface area contributed by atoms with E-state index in [1.165, 1.54) is 3.94 Å². The Balaban J connectivity index is 2.68. The molecule has 14 heavy (non-hydrogen) atoms. The number of quaternary nitrogens is 1. The van der Waals surface area contributed by atoms with E-state index in [4.69, 9.17) is 23.6 Å². The Morgan fingerprint density at radius 1 is 1.36 bits per heavy atom. The van der Waals surface area contributed by atoms with Crippen LogP contribution in [0.15, 0.2) is 24.4 Å². The van der Waals surface area contributed by atoms with Crippen molar-refractivity contribution in [2.75, 3.05) is 20.1 Å². The summed E-state index contributed by atoms with van der Waals surface area (Å²) in [4.78, 5) is 0. The largest absolute Gasteiger partial charge is 0.295 e. The number of nitrogens with zero attached hydrogens (tertiary/aromatic N) is 2. The van der Waals surface area contributed by atoms with Crippen molar-refractivity contribution in [3.05, 3.63) is 24.4 Å². The quantitative estimate of drug-likeness (QED) is 0.538. The van der Waals surface area contributed by atoms with Crippen molar-refractivity contribution in [2.45, 2.75) is 19.4 Å². The minimum atomic E-state index is -0.229. The Kier molecular flexibility index (Phi) is 3.64. The van der Waals surface area contributed by atoms with Crippen molar-refractivity contribution >= 4 is 23.6 Å². The van der Waals surface area contributed by atoms with Gasteiger partial charge in [-0.15, -0.1) is 3.94 Å². The fourth-order valence-electron chi connectivity index (χ4n) is 1.75. The molecule has 0 saturated heterocycles. The van der Waals surface area contributed by atoms with E-state index in [0.717, 1.165) is 17.6 Å². The summed E-state index contributed by atoms with van der Waals surface area (Å²) < 4.78 is 2.07. The van der Waals surface area contributed by atoms with Crippen LogP contribution in [0.4, 0.5) is 0 Å². The van der Waals surface area contributed by atoms with Crippen molar-refractivity contribution < 1.29 is 4.48 Å². The molecule has 1 rings (SSSR count). The molecule has 0 aromatic rings. The number of rotatable bonds is 3. The maximum absolute atomic E-state index is 5.80. The third-order valence-corrected chi connectivity index (χ3v) is 3.34. The molecule has 0 fully saturated rings. The number of allylic oxidation sites excluding steroid dienone is 2. The lowest BCUT2D eigenvalue weighted by atomic mass is 10.0. The molecule has 1 aliphatic rings. The van der Waals surface area contributed by atoms with Gasteiger partial charge >= 0.3 is 0 Å². The lowest BCUT2D eigenvalue weighted by Gasteiger charge is -2.38. The van der Waals surface area contributed by atoms with Gasteiger partial charge in [0.1, 0.15) is 13.1 Å². The molecule has 0 bridgehead atoms. The minimum Gasteiger partial charge on any atom is -0.295 e. The molecule has 80 valence electrons. The van der Waals surface area contributed by atoms with E-state index in [1.807, 2.05) is 13.8 Å². The standard InChI is InChI=1S/C10H17Cl2N2/c1-10(2,13(11)12)9-14(3)7-5-4-6-8-14/h4-7H,8-9H2,1-3H3/q+1. The van der Waals surface area contributed by atoms with Crippen LogP contribution >= 0.6 is 23.6 Å². The number of likely N-dealkylation sites (N-methyl/N-ethyl adjacent to an activating group) is 1. The van der Waals surface area contributed by atoms with Gasteiger partial charge in [0.25, 0.3) is 0 Å². The molecule has 2 nitrogen and oxygen atoms in total. The maximum Gasteiger partial charge on any atom is 0.104 e. The number of hydrogen-bond acceptors (Lipinski definition) is 1. The van der Waals surface area contributed by atoms with Gasteiger partial charge in [-0.2, -0.15) is 0 Å². The number of hydrogen-bond donors (Lipinski definition) is 0. The SMILES string of the molecule is CC(C)(C[N+]1(C)C=CC=CC1)N(Cl)Cl. The van der Waals surface area contributed by atoms with E-state index in [1.54, 1.807) is 0 Å². The van der Waals surface area contributed by atoms with Crippen LogP contribution < -0.4 is 0 Å². The van der Waals surface area contributed by atoms with Crippen molar-refractivity contribution in [3.63, 3.8) is 0 Å². The summed E-state index contributed by atoms with van der Waals surface area (Å²) >= 11 is 11.6. The van der Waals surface area contributed by atoms with Crippen LogP contribution in [0.1, 0.15) is 13.8 Å². The molecule has 1 atom stereocenters. The van der Waals surface area contributed by atoms with Gasteiger partial charge in [-0.05, 0) is 49.6 Å². The second-order valence-corrected chi connectivity index (χ2v) is 5.48. The van der Waals surface area contributed by atoms with Gasteiger partial charge in [0.15, 0.2) is 0 Å². The van der Waals surface area contributed by atoms with Crippen LogP contribution in [0.3, 0.4) is 0 Å². The van der Waals surface area contributed by atoms with E-state index >= 15 is 0 Å². The molecule has 1 heterocycles. The highest BCUT2D eigenvalue weighted by molar-refractivity contribution is 6.34. The molecule has 0 saturated carbocycles. The normalized spacial score (nSPS) is 27.3. The minimum absolute atomic E-state index is 0.229. The molecule has 0 spiro atoms. The van der Waals surface area contributed by atoms with Gasteiger partial charge in [-0.3, -0.25) is 4.48 Å². The topological polar surface area (TPSA) is 3.24 Å². The van der Waals surface area contributed by atoms with Gasteiger partial charge in [0.2, 0.25) is 0 Å². The lowest BCUT2D eigenvalue weighted by molar-refractivity contribution is -0.858. The van der Waals surface area contributed by atoms with Crippen molar-refractivity contribution in [2.24, 2.45) is 0 Å². The first-order chi connectivity index (χ1) is 6.36. The predicted octanol–water partition coefficient (Wildman–Crippen LogP) is 2.90. The Hall–Kier alpha value is -0.0200. The Labute approximate surface area is 96.2 Å². The molecule has 0 N–H and O–H groups in total. The van der Waals surface area contributed by atoms with Gasteiger partial charge < -0.3 is 0 Å². The first-order valence-corrected chi connectivity index (χ1v) is 5.34. The van der Waals surface area contributed by atoms with Gasteiger partial charge in [-0.25, -0.2) is 0 Å². The van der Waals surface area contributed by atoms with Crippen LogP contribution in [0, 0.1) is 0 Å². The molecular formula is C10H17Cl2N2+. The third-order valence-electron chi connectivity index (χ3n) is 2.42. The van der Waals surface area contributed by atoms with Crippen LogP contribution in [-0.2, 0) is 0 Å². The zero-order valence-electron chi connectivity index (χ0n) is 8.87. The van der Waals surface area contributed by atoms with Crippen LogP contribution in [0.5, 0.6) is 0 Å². The highest BCUT2D eigenvalue weighted by atomic mass is 35.5. The highest BCUT2D eigenvalue weighted by Gasteiger charge is 2.34. The Morgan fingerprint density at radius 3 is 2.43 bits per heavy atom. The Bertz CT molecular complexity index is 259. The second kappa shape index (κ2) is 4.23. The number of halogens is 2. The van der Waals surface area contributed by atoms with E-state index < -0.39 is 0 Å². The monoisotopic (exact) mass is 235 g/mol. The summed E-state index contributed by atoms with van der Waals surface area (Å²) in [6, 6.07) is 0. The predicted molar refractivity (Wildman–Crippen MR) is 61.8 cm³/mol. The highest BCUT2D eigenvalue weighted by Crippen LogP contribution is 2.24. The molecule has 1 unspecified atom stereocenters. The molecule has 0 aromatic heterocycles. The molecule has 0 aliphatic carbocycles. The summed E-state index contributed by atoms with van der Waals surface area (Å²) in [6.45, 7) is 5.92. The van der Waals surface area contributed by atoms with Crippen molar-refractivity contribution in [1.29, 1.82) is 0 Å². The summed E-state index contributed by atoms with van der Waals surface area (Å²) in [5.74, 6) is 0. The lowest BCUT2D eigenvalue weighted by Crippen LogP contribution is -2.52. The fraction of sp³-hybridized carbons (Fsp3) is 0.600. The van der Waals surface area contributed by atoms with E-state index in [9.17, 15) is 0 Å². The van der Waals surface area contributed by atoms with Crippen LogP contribution in [0.2, 0.25) is 0 Å². The summed E-state index contributed by atoms with van der Waals surface area (Å²) in [5, 5.41) is 0. The molecular weight excluding hydrogens is 219 g/mol. The summed E-state index contributed by atoms with van der Waals surface area (Å²) in [6.07, 6.45) is 8.44. The molecule has 1 aliphatic heterocycles. The molecule has 0 radical (unpaired) electrons. The maximum atomic E-state index is 5.80. The van der Waals surface area contributed by atoms with Crippen molar-refractivity contribution in [1.82, 2.24) is 3.94 Å². The van der Waals surface area contributed by atoms with Gasteiger partial charge in [0.05, 0.1) is 18.8 Å². The summed E-state index contributed by atoms with van der Waals surface area (Å²) in [5.41, 5.74) is -0.229. The smallest absolute Gasteiger partial charge is 0.104 e. The first kappa shape index (κ1) is 12.1.